The van der Waals surface area contributed by atoms with Crippen LogP contribution in [0.2, 0.25) is 0 Å². The molecule has 0 saturated carbocycles. The Hall–Kier alpha value is -16.8. The lowest BCUT2D eigenvalue weighted by atomic mass is 9.96. The second-order valence-corrected chi connectivity index (χ2v) is 32.8. The van der Waals surface area contributed by atoms with Gasteiger partial charge in [-0.3, -0.25) is 0 Å². The maximum atomic E-state index is 2.38. The second-order valence-electron chi connectivity index (χ2n) is 32.8. The van der Waals surface area contributed by atoms with Crippen molar-refractivity contribution >= 4 is 121 Å². The van der Waals surface area contributed by atoms with Crippen LogP contribution in [-0.2, 0) is 0 Å². The fourth-order valence-electron chi connectivity index (χ4n) is 19.5. The van der Waals surface area contributed by atoms with E-state index < -0.39 is 0 Å². The Labute approximate surface area is 730 Å². The number of rotatable bonds is 17. The summed E-state index contributed by atoms with van der Waals surface area (Å²) in [5, 5.41) is 9.95. The number of fused-ring (bicyclic) bond motifs is 12. The van der Waals surface area contributed by atoms with Gasteiger partial charge >= 0.3 is 0 Å². The van der Waals surface area contributed by atoms with E-state index in [0.29, 0.717) is 0 Å². The molecule has 0 unspecified atom stereocenters. The first-order chi connectivity index (χ1) is 62.5. The lowest BCUT2D eigenvalue weighted by Gasteiger charge is -2.26. The fraction of sp³-hybridized carbons (Fsp3) is 0. The maximum Gasteiger partial charge on any atom is 0.0541 e. The van der Waals surface area contributed by atoms with Gasteiger partial charge in [0.1, 0.15) is 0 Å². The van der Waals surface area contributed by atoms with Crippen LogP contribution in [0, 0.1) is 0 Å². The SMILES string of the molecule is c1ccc(-n2c3ccccc3c3cc(-c4ccc(N(c5ccc(-c6ccc(-n7c8ccccc8c8ccccc87)cc6)cc5)c5ccc(-c6cccc(-c7cccc(-c8ccc(N(c9ccc(-c%10ccc(-n%11c%12ccccc%12c%12ccccc%12%11)cc%10)cc9)c9ccc(-c%10ccc%11c(c%10)c%10ccccc%10n%11-c%10ccccc%10)cc9)cc8)c7)c6)cc5)cc4)ccc32)cc1. The molecule has 0 fully saturated rings. The molecule has 590 valence electrons. The third kappa shape index (κ3) is 12.8. The zero-order valence-corrected chi connectivity index (χ0v) is 68.9. The number of benzene rings is 20. The van der Waals surface area contributed by atoms with Crippen LogP contribution in [0.3, 0.4) is 0 Å². The Balaban J connectivity index is 0.530. The van der Waals surface area contributed by atoms with E-state index in [9.17, 15) is 0 Å². The first-order valence-electron chi connectivity index (χ1n) is 43.3. The molecule has 0 atom stereocenters. The number of para-hydroxylation sites is 8. The first-order valence-corrected chi connectivity index (χ1v) is 43.3. The van der Waals surface area contributed by atoms with Crippen LogP contribution in [0.25, 0.3) is 188 Å². The summed E-state index contributed by atoms with van der Waals surface area (Å²) in [4.78, 5) is 4.76. The summed E-state index contributed by atoms with van der Waals surface area (Å²) < 4.78 is 9.51. The number of hydrogen-bond acceptors (Lipinski definition) is 2. The predicted molar refractivity (Wildman–Crippen MR) is 531 cm³/mol. The van der Waals surface area contributed by atoms with Gasteiger partial charge in [0.15, 0.2) is 0 Å². The summed E-state index contributed by atoms with van der Waals surface area (Å²) in [5.41, 5.74) is 36.6. The van der Waals surface area contributed by atoms with Gasteiger partial charge in [-0.25, -0.2) is 0 Å². The van der Waals surface area contributed by atoms with Gasteiger partial charge in [-0.2, -0.15) is 0 Å². The Morgan fingerprint density at radius 2 is 0.286 bits per heavy atom. The highest BCUT2D eigenvalue weighted by atomic mass is 15.1. The van der Waals surface area contributed by atoms with E-state index in [1.165, 1.54) is 98.4 Å². The molecular weight excluding hydrogens is 1530 g/mol. The standard InChI is InChI=1S/C120H80N6/c1-3-25-95(26-4-1)123-117-39-17-11-33-109(117)111-79-93(57-75-119(111)123)87-53-67-101(68-54-87)121(97-59-41-81(42-60-97)83-45-71-103(72-46-83)125-113-35-13-7-29-105(113)106-30-8-14-36-114(106)125)99-63-49-85(50-64-99)89-21-19-23-91(77-89)92-24-20-22-90(78-92)86-51-65-100(66-52-86)122(98-61-43-82(44-62-98)84-47-73-104(74-48-84)126-115-37-15-9-31-107(115)108-32-10-16-38-116(108)126)102-69-55-88(56-70-102)94-58-76-120-112(80-94)110-34-12-18-40-118(110)124(120)96-27-5-2-6-28-96/h1-80H. The summed E-state index contributed by atoms with van der Waals surface area (Å²) >= 11 is 0. The van der Waals surface area contributed by atoms with Gasteiger partial charge < -0.3 is 28.1 Å². The highest BCUT2D eigenvalue weighted by molar-refractivity contribution is 6.14. The molecule has 6 nitrogen and oxygen atoms in total. The Morgan fingerprint density at radius 3 is 0.540 bits per heavy atom. The Kier molecular flexibility index (Phi) is 17.8. The molecule has 126 heavy (non-hydrogen) atoms. The zero-order chi connectivity index (χ0) is 83.1. The van der Waals surface area contributed by atoms with Crippen molar-refractivity contribution in [2.75, 3.05) is 9.80 Å². The molecule has 20 aromatic carbocycles. The number of hydrogen-bond donors (Lipinski definition) is 0. The fourth-order valence-corrected chi connectivity index (χ4v) is 19.5. The molecule has 24 aromatic rings. The van der Waals surface area contributed by atoms with Gasteiger partial charge in [-0.15, -0.1) is 0 Å². The van der Waals surface area contributed by atoms with E-state index >= 15 is 0 Å². The van der Waals surface area contributed by atoms with E-state index in [1.807, 2.05) is 0 Å². The van der Waals surface area contributed by atoms with E-state index in [2.05, 4.69) is 513 Å². The smallest absolute Gasteiger partial charge is 0.0541 e. The molecule has 0 saturated heterocycles. The lowest BCUT2D eigenvalue weighted by Crippen LogP contribution is -2.09. The average molecular weight is 1610 g/mol. The van der Waals surface area contributed by atoms with Crippen molar-refractivity contribution in [2.45, 2.75) is 0 Å². The second kappa shape index (κ2) is 30.7. The minimum Gasteiger partial charge on any atom is -0.311 e. The Morgan fingerprint density at radius 1 is 0.111 bits per heavy atom. The summed E-state index contributed by atoms with van der Waals surface area (Å²) in [6, 6.07) is 178. The lowest BCUT2D eigenvalue weighted by molar-refractivity contribution is 1.18. The normalized spacial score (nSPS) is 11.7. The summed E-state index contributed by atoms with van der Waals surface area (Å²) in [5.74, 6) is 0. The number of nitrogens with zero attached hydrogens (tertiary/aromatic N) is 6. The van der Waals surface area contributed by atoms with Crippen molar-refractivity contribution in [2.24, 2.45) is 0 Å². The highest BCUT2D eigenvalue weighted by Gasteiger charge is 2.22. The molecule has 24 rings (SSSR count). The van der Waals surface area contributed by atoms with Crippen LogP contribution in [0.1, 0.15) is 0 Å². The van der Waals surface area contributed by atoms with Crippen LogP contribution >= 0.6 is 0 Å². The minimum absolute atomic E-state index is 1.06. The topological polar surface area (TPSA) is 26.2 Å². The van der Waals surface area contributed by atoms with E-state index in [1.54, 1.807) is 0 Å². The molecule has 0 aliphatic carbocycles. The number of anilines is 6. The van der Waals surface area contributed by atoms with Crippen molar-refractivity contribution in [1.82, 2.24) is 18.3 Å². The van der Waals surface area contributed by atoms with Crippen molar-refractivity contribution in [1.29, 1.82) is 0 Å². The van der Waals surface area contributed by atoms with Crippen LogP contribution in [0.4, 0.5) is 34.1 Å². The van der Waals surface area contributed by atoms with E-state index in [4.69, 9.17) is 0 Å². The molecule has 0 aliphatic heterocycles. The summed E-state index contributed by atoms with van der Waals surface area (Å²) in [7, 11) is 0. The largest absolute Gasteiger partial charge is 0.311 e. The molecule has 4 aromatic heterocycles. The molecular formula is C120H80N6. The average Bonchev–Trinajstić information content (AvgIpc) is 1.47. The molecule has 0 bridgehead atoms. The van der Waals surface area contributed by atoms with E-state index in [0.717, 1.165) is 124 Å². The molecule has 6 heteroatoms. The van der Waals surface area contributed by atoms with Crippen LogP contribution < -0.4 is 9.80 Å². The molecule has 0 aliphatic rings. The van der Waals surface area contributed by atoms with E-state index in [-0.39, 0.29) is 0 Å². The van der Waals surface area contributed by atoms with Gasteiger partial charge in [0.05, 0.1) is 44.1 Å². The van der Waals surface area contributed by atoms with Gasteiger partial charge in [0, 0.05) is 100.0 Å². The van der Waals surface area contributed by atoms with Crippen molar-refractivity contribution in [3.05, 3.63) is 485 Å². The molecule has 4 heterocycles. The van der Waals surface area contributed by atoms with Gasteiger partial charge in [0.25, 0.3) is 0 Å². The summed E-state index contributed by atoms with van der Waals surface area (Å²) in [6.45, 7) is 0. The minimum atomic E-state index is 1.06. The van der Waals surface area contributed by atoms with Gasteiger partial charge in [-0.05, 0) is 272 Å². The van der Waals surface area contributed by atoms with Crippen molar-refractivity contribution in [3.63, 3.8) is 0 Å². The van der Waals surface area contributed by atoms with Gasteiger partial charge in [-0.1, -0.05) is 291 Å². The monoisotopic (exact) mass is 1600 g/mol. The van der Waals surface area contributed by atoms with Gasteiger partial charge in [0.2, 0.25) is 0 Å². The molecule has 0 amide bonds. The van der Waals surface area contributed by atoms with Crippen LogP contribution in [-0.4, -0.2) is 18.3 Å². The maximum absolute atomic E-state index is 2.38. The number of aromatic nitrogens is 4. The Bertz CT molecular complexity index is 7650. The quantitative estimate of drug-likeness (QED) is 0.0908. The van der Waals surface area contributed by atoms with Crippen LogP contribution in [0.5, 0.6) is 0 Å². The first kappa shape index (κ1) is 73.1. The summed E-state index contributed by atoms with van der Waals surface area (Å²) in [6.07, 6.45) is 0. The third-order valence-corrected chi connectivity index (χ3v) is 25.6. The van der Waals surface area contributed by atoms with Crippen molar-refractivity contribution < 1.29 is 0 Å². The van der Waals surface area contributed by atoms with Crippen molar-refractivity contribution in [3.8, 4) is 101 Å². The zero-order valence-electron chi connectivity index (χ0n) is 68.9. The molecule has 0 radical (unpaired) electrons. The predicted octanol–water partition coefficient (Wildman–Crippen LogP) is 32.7. The molecule has 0 N–H and O–H groups in total. The third-order valence-electron chi connectivity index (χ3n) is 25.6. The highest BCUT2D eigenvalue weighted by Crippen LogP contribution is 2.45. The molecule has 0 spiro atoms. The van der Waals surface area contributed by atoms with Crippen LogP contribution in [0.15, 0.2) is 485 Å².